The standard InChI is InChI=1S/C12H12BrN3/c1-9-3-5-10(6-4-9)16(2)12-7-11(13)14-8-15-12/h3-8H,1-2H3. The van der Waals surface area contributed by atoms with E-state index >= 15 is 0 Å². The molecule has 82 valence electrons. The van der Waals surface area contributed by atoms with Gasteiger partial charge in [-0.1, -0.05) is 17.7 Å². The highest BCUT2D eigenvalue weighted by Crippen LogP contribution is 2.22. The molecule has 0 aliphatic heterocycles. The van der Waals surface area contributed by atoms with Gasteiger partial charge in [0.2, 0.25) is 0 Å². The first-order valence-corrected chi connectivity index (χ1v) is 5.74. The first-order valence-electron chi connectivity index (χ1n) is 4.95. The van der Waals surface area contributed by atoms with Crippen molar-refractivity contribution in [1.82, 2.24) is 9.97 Å². The summed E-state index contributed by atoms with van der Waals surface area (Å²) < 4.78 is 0.788. The van der Waals surface area contributed by atoms with Crippen molar-refractivity contribution in [2.45, 2.75) is 6.92 Å². The number of nitrogens with zero attached hydrogens (tertiary/aromatic N) is 3. The molecule has 16 heavy (non-hydrogen) atoms. The third-order valence-corrected chi connectivity index (χ3v) is 2.82. The lowest BCUT2D eigenvalue weighted by atomic mass is 10.2. The second-order valence-electron chi connectivity index (χ2n) is 3.59. The Kier molecular flexibility index (Phi) is 3.19. The quantitative estimate of drug-likeness (QED) is 0.789. The van der Waals surface area contributed by atoms with Gasteiger partial charge in [0.15, 0.2) is 0 Å². The summed E-state index contributed by atoms with van der Waals surface area (Å²) in [5, 5.41) is 0. The Bertz CT molecular complexity index is 482. The van der Waals surface area contributed by atoms with Crippen LogP contribution in [0.4, 0.5) is 11.5 Å². The SMILES string of the molecule is Cc1ccc(N(C)c2cc(Br)ncn2)cc1. The van der Waals surface area contributed by atoms with Crippen molar-refractivity contribution in [2.75, 3.05) is 11.9 Å². The zero-order valence-electron chi connectivity index (χ0n) is 9.18. The van der Waals surface area contributed by atoms with E-state index in [1.165, 1.54) is 5.56 Å². The van der Waals surface area contributed by atoms with Gasteiger partial charge < -0.3 is 4.90 Å². The number of hydrogen-bond acceptors (Lipinski definition) is 3. The minimum Gasteiger partial charge on any atom is -0.329 e. The summed E-state index contributed by atoms with van der Waals surface area (Å²) >= 11 is 3.34. The van der Waals surface area contributed by atoms with Crippen molar-refractivity contribution in [3.8, 4) is 0 Å². The second kappa shape index (κ2) is 4.61. The van der Waals surface area contributed by atoms with Gasteiger partial charge in [-0.25, -0.2) is 9.97 Å². The third kappa shape index (κ3) is 2.39. The maximum absolute atomic E-state index is 4.22. The molecular formula is C12H12BrN3. The largest absolute Gasteiger partial charge is 0.329 e. The van der Waals surface area contributed by atoms with E-state index in [0.29, 0.717) is 0 Å². The molecule has 0 aliphatic rings. The fraction of sp³-hybridized carbons (Fsp3) is 0.167. The molecule has 4 heteroatoms. The van der Waals surface area contributed by atoms with Gasteiger partial charge in [-0.2, -0.15) is 0 Å². The molecule has 0 unspecified atom stereocenters. The van der Waals surface area contributed by atoms with Gasteiger partial charge in [0.05, 0.1) is 0 Å². The number of halogens is 1. The van der Waals surface area contributed by atoms with Crippen LogP contribution in [0.2, 0.25) is 0 Å². The predicted octanol–water partition coefficient (Wildman–Crippen LogP) is 3.32. The summed E-state index contributed by atoms with van der Waals surface area (Å²) in [5.41, 5.74) is 2.36. The lowest BCUT2D eigenvalue weighted by molar-refractivity contribution is 1.06. The molecule has 0 spiro atoms. The zero-order valence-corrected chi connectivity index (χ0v) is 10.8. The fourth-order valence-electron chi connectivity index (χ4n) is 1.41. The summed E-state index contributed by atoms with van der Waals surface area (Å²) in [6.45, 7) is 2.07. The molecule has 0 saturated carbocycles. The highest BCUT2D eigenvalue weighted by atomic mass is 79.9. The average Bonchev–Trinajstić information content (AvgIpc) is 2.29. The number of benzene rings is 1. The molecule has 3 nitrogen and oxygen atoms in total. The van der Waals surface area contributed by atoms with Crippen molar-refractivity contribution in [1.29, 1.82) is 0 Å². The molecule has 1 aromatic heterocycles. The van der Waals surface area contributed by atoms with Crippen LogP contribution in [0.15, 0.2) is 41.3 Å². The molecule has 0 N–H and O–H groups in total. The van der Waals surface area contributed by atoms with Crippen LogP contribution in [-0.4, -0.2) is 17.0 Å². The van der Waals surface area contributed by atoms with E-state index in [2.05, 4.69) is 57.1 Å². The van der Waals surface area contributed by atoms with Crippen molar-refractivity contribution in [3.63, 3.8) is 0 Å². The molecule has 0 fully saturated rings. The topological polar surface area (TPSA) is 29.0 Å². The highest BCUT2D eigenvalue weighted by Gasteiger charge is 2.05. The Morgan fingerprint density at radius 2 is 1.81 bits per heavy atom. The first kappa shape index (κ1) is 11.1. The summed E-state index contributed by atoms with van der Waals surface area (Å²) in [4.78, 5) is 10.3. The van der Waals surface area contributed by atoms with E-state index in [1.807, 2.05) is 18.0 Å². The monoisotopic (exact) mass is 277 g/mol. The molecular weight excluding hydrogens is 266 g/mol. The Labute approximate surface area is 103 Å². The first-order chi connectivity index (χ1) is 7.66. The predicted molar refractivity (Wildman–Crippen MR) is 69.0 cm³/mol. The van der Waals surface area contributed by atoms with Crippen LogP contribution in [0.5, 0.6) is 0 Å². The van der Waals surface area contributed by atoms with Crippen LogP contribution in [0.25, 0.3) is 0 Å². The summed E-state index contributed by atoms with van der Waals surface area (Å²) in [6, 6.07) is 10.2. The van der Waals surface area contributed by atoms with E-state index in [0.717, 1.165) is 16.1 Å². The summed E-state index contributed by atoms with van der Waals surface area (Å²) in [6.07, 6.45) is 1.55. The molecule has 1 heterocycles. The van der Waals surface area contributed by atoms with E-state index in [4.69, 9.17) is 0 Å². The van der Waals surface area contributed by atoms with E-state index in [-0.39, 0.29) is 0 Å². The third-order valence-electron chi connectivity index (χ3n) is 2.38. The number of rotatable bonds is 2. The van der Waals surface area contributed by atoms with Gasteiger partial charge in [0.1, 0.15) is 16.7 Å². The molecule has 2 aromatic rings. The molecule has 0 saturated heterocycles. The Morgan fingerprint density at radius 1 is 1.12 bits per heavy atom. The average molecular weight is 278 g/mol. The molecule has 0 bridgehead atoms. The molecule has 0 atom stereocenters. The van der Waals surface area contributed by atoms with Crippen molar-refractivity contribution < 1.29 is 0 Å². The van der Waals surface area contributed by atoms with Crippen LogP contribution in [0.3, 0.4) is 0 Å². The minimum atomic E-state index is 0.788. The van der Waals surface area contributed by atoms with Gasteiger partial charge in [-0.05, 0) is 35.0 Å². The molecule has 0 radical (unpaired) electrons. The Morgan fingerprint density at radius 3 is 2.44 bits per heavy atom. The normalized spacial score (nSPS) is 10.2. The van der Waals surface area contributed by atoms with Crippen LogP contribution in [-0.2, 0) is 0 Å². The van der Waals surface area contributed by atoms with Crippen LogP contribution < -0.4 is 4.90 Å². The van der Waals surface area contributed by atoms with E-state index in [1.54, 1.807) is 6.33 Å². The van der Waals surface area contributed by atoms with Crippen LogP contribution >= 0.6 is 15.9 Å². The highest BCUT2D eigenvalue weighted by molar-refractivity contribution is 9.10. The zero-order chi connectivity index (χ0) is 11.5. The number of hydrogen-bond donors (Lipinski definition) is 0. The lowest BCUT2D eigenvalue weighted by Gasteiger charge is -2.18. The molecule has 0 aliphatic carbocycles. The van der Waals surface area contributed by atoms with Crippen LogP contribution in [0.1, 0.15) is 5.56 Å². The smallest absolute Gasteiger partial charge is 0.137 e. The van der Waals surface area contributed by atoms with Gasteiger partial charge in [0, 0.05) is 18.8 Å². The van der Waals surface area contributed by atoms with Gasteiger partial charge in [0.25, 0.3) is 0 Å². The number of anilines is 2. The van der Waals surface area contributed by atoms with Crippen molar-refractivity contribution in [2.24, 2.45) is 0 Å². The minimum absolute atomic E-state index is 0.788. The maximum atomic E-state index is 4.22. The Balaban J connectivity index is 2.31. The molecule has 0 amide bonds. The van der Waals surface area contributed by atoms with E-state index < -0.39 is 0 Å². The van der Waals surface area contributed by atoms with Crippen molar-refractivity contribution >= 4 is 27.4 Å². The second-order valence-corrected chi connectivity index (χ2v) is 4.41. The van der Waals surface area contributed by atoms with Gasteiger partial charge in [-0.3, -0.25) is 0 Å². The van der Waals surface area contributed by atoms with E-state index in [9.17, 15) is 0 Å². The summed E-state index contributed by atoms with van der Waals surface area (Å²) in [7, 11) is 1.99. The number of aromatic nitrogens is 2. The molecule has 1 aromatic carbocycles. The molecule has 2 rings (SSSR count). The number of aryl methyl sites for hydroxylation is 1. The van der Waals surface area contributed by atoms with Crippen LogP contribution in [0, 0.1) is 6.92 Å². The van der Waals surface area contributed by atoms with Gasteiger partial charge >= 0.3 is 0 Å². The van der Waals surface area contributed by atoms with Gasteiger partial charge in [-0.15, -0.1) is 0 Å². The Hall–Kier alpha value is -1.42. The lowest BCUT2D eigenvalue weighted by Crippen LogP contribution is -2.11. The fourth-order valence-corrected chi connectivity index (χ4v) is 1.70. The maximum Gasteiger partial charge on any atom is 0.137 e. The van der Waals surface area contributed by atoms with Crippen molar-refractivity contribution in [3.05, 3.63) is 46.8 Å². The summed E-state index contributed by atoms with van der Waals surface area (Å²) in [5.74, 6) is 0.866.